The standard InChI is InChI=1S/C21H25FO5/c1-24-20-18(23)19(26-13-17-10-6-3-7-11-17)21(14-22,27-20)15-25-12-16-8-4-2-5-9-16/h2-11,18-20,23H,12-15H2,1H3/t18-,19+,20+,21-/m1/s1. The summed E-state index contributed by atoms with van der Waals surface area (Å²) in [4.78, 5) is 0. The molecule has 5 nitrogen and oxygen atoms in total. The van der Waals surface area contributed by atoms with Gasteiger partial charge in [-0.1, -0.05) is 60.7 Å². The van der Waals surface area contributed by atoms with E-state index in [4.69, 9.17) is 18.9 Å². The molecule has 2 aromatic rings. The Bertz CT molecular complexity index is 683. The van der Waals surface area contributed by atoms with Crippen LogP contribution in [0.3, 0.4) is 0 Å². The van der Waals surface area contributed by atoms with Crippen LogP contribution in [-0.4, -0.2) is 49.6 Å². The molecule has 0 aromatic heterocycles. The van der Waals surface area contributed by atoms with E-state index < -0.39 is 30.8 Å². The molecule has 146 valence electrons. The zero-order chi connectivity index (χ0) is 19.1. The van der Waals surface area contributed by atoms with Crippen molar-refractivity contribution in [2.45, 2.75) is 37.3 Å². The van der Waals surface area contributed by atoms with Gasteiger partial charge in [-0.25, -0.2) is 4.39 Å². The van der Waals surface area contributed by atoms with Crippen LogP contribution in [0.15, 0.2) is 60.7 Å². The molecule has 0 amide bonds. The summed E-state index contributed by atoms with van der Waals surface area (Å²) < 4.78 is 36.5. The minimum absolute atomic E-state index is 0.0607. The van der Waals surface area contributed by atoms with Crippen LogP contribution in [0.5, 0.6) is 0 Å². The lowest BCUT2D eigenvalue weighted by molar-refractivity contribution is -0.202. The van der Waals surface area contributed by atoms with Crippen LogP contribution < -0.4 is 0 Å². The van der Waals surface area contributed by atoms with Gasteiger partial charge in [-0.05, 0) is 11.1 Å². The predicted octanol–water partition coefficient (Wildman–Crippen LogP) is 2.86. The van der Waals surface area contributed by atoms with Gasteiger partial charge in [0.05, 0.1) is 19.8 Å². The topological polar surface area (TPSA) is 57.2 Å². The van der Waals surface area contributed by atoms with Gasteiger partial charge in [0.15, 0.2) is 11.9 Å². The smallest absolute Gasteiger partial charge is 0.186 e. The van der Waals surface area contributed by atoms with Crippen molar-refractivity contribution in [2.75, 3.05) is 20.4 Å². The molecule has 3 rings (SSSR count). The Kier molecular flexibility index (Phi) is 6.93. The SMILES string of the molecule is CO[C@H]1O[C@](CF)(COCc2ccccc2)[C@@H](OCc2ccccc2)[C@H]1O. The van der Waals surface area contributed by atoms with Crippen LogP contribution in [0.1, 0.15) is 11.1 Å². The summed E-state index contributed by atoms with van der Waals surface area (Å²) in [5, 5.41) is 10.5. The molecule has 0 bridgehead atoms. The number of benzene rings is 2. The highest BCUT2D eigenvalue weighted by Crippen LogP contribution is 2.35. The number of halogens is 1. The van der Waals surface area contributed by atoms with Crippen molar-refractivity contribution >= 4 is 0 Å². The third-order valence-electron chi connectivity index (χ3n) is 4.65. The number of aliphatic hydroxyl groups excluding tert-OH is 1. The first kappa shape index (κ1) is 19.9. The van der Waals surface area contributed by atoms with Crippen molar-refractivity contribution in [2.24, 2.45) is 0 Å². The monoisotopic (exact) mass is 376 g/mol. The molecule has 1 saturated heterocycles. The first-order valence-electron chi connectivity index (χ1n) is 8.90. The van der Waals surface area contributed by atoms with Gasteiger partial charge in [0, 0.05) is 7.11 Å². The molecule has 1 heterocycles. The second kappa shape index (κ2) is 9.39. The molecule has 1 fully saturated rings. The summed E-state index contributed by atoms with van der Waals surface area (Å²) >= 11 is 0. The number of aliphatic hydroxyl groups is 1. The van der Waals surface area contributed by atoms with Gasteiger partial charge in [-0.2, -0.15) is 0 Å². The molecule has 4 atom stereocenters. The van der Waals surface area contributed by atoms with Gasteiger partial charge >= 0.3 is 0 Å². The Balaban J connectivity index is 1.68. The lowest BCUT2D eigenvalue weighted by Crippen LogP contribution is -2.50. The van der Waals surface area contributed by atoms with E-state index in [0.29, 0.717) is 6.61 Å². The number of hydrogen-bond donors (Lipinski definition) is 1. The fourth-order valence-electron chi connectivity index (χ4n) is 3.20. The highest BCUT2D eigenvalue weighted by Gasteiger charge is 2.56. The average Bonchev–Trinajstić information content (AvgIpc) is 2.99. The number of hydrogen-bond acceptors (Lipinski definition) is 5. The van der Waals surface area contributed by atoms with E-state index in [1.165, 1.54) is 7.11 Å². The minimum Gasteiger partial charge on any atom is -0.385 e. The van der Waals surface area contributed by atoms with Crippen LogP contribution in [0.25, 0.3) is 0 Å². The number of alkyl halides is 1. The third kappa shape index (κ3) is 4.72. The van der Waals surface area contributed by atoms with E-state index in [2.05, 4.69) is 0 Å². The summed E-state index contributed by atoms with van der Waals surface area (Å²) in [7, 11) is 1.40. The Morgan fingerprint density at radius 2 is 1.59 bits per heavy atom. The number of ether oxygens (including phenoxy) is 4. The van der Waals surface area contributed by atoms with E-state index in [9.17, 15) is 9.50 Å². The molecule has 0 saturated carbocycles. The summed E-state index contributed by atoms with van der Waals surface area (Å²) in [5.74, 6) is 0. The van der Waals surface area contributed by atoms with E-state index in [1.54, 1.807) is 0 Å². The van der Waals surface area contributed by atoms with Gasteiger partial charge in [0.25, 0.3) is 0 Å². The molecular weight excluding hydrogens is 351 g/mol. The first-order chi connectivity index (χ1) is 13.2. The second-order valence-corrected chi connectivity index (χ2v) is 6.61. The average molecular weight is 376 g/mol. The molecule has 27 heavy (non-hydrogen) atoms. The maximum atomic E-state index is 14.1. The summed E-state index contributed by atoms with van der Waals surface area (Å²) in [6, 6.07) is 19.1. The number of methoxy groups -OCH3 is 1. The largest absolute Gasteiger partial charge is 0.385 e. The van der Waals surface area contributed by atoms with Gasteiger partial charge in [0.2, 0.25) is 0 Å². The molecular formula is C21H25FO5. The van der Waals surface area contributed by atoms with Crippen LogP contribution in [0.2, 0.25) is 0 Å². The summed E-state index contributed by atoms with van der Waals surface area (Å²) in [5.41, 5.74) is 0.461. The molecule has 6 heteroatoms. The van der Waals surface area contributed by atoms with Crippen LogP contribution >= 0.6 is 0 Å². The number of rotatable bonds is 9. The van der Waals surface area contributed by atoms with E-state index in [0.717, 1.165) is 11.1 Å². The van der Waals surface area contributed by atoms with Crippen molar-refractivity contribution < 1.29 is 28.4 Å². The molecule has 1 N–H and O–H groups in total. The zero-order valence-electron chi connectivity index (χ0n) is 15.3. The van der Waals surface area contributed by atoms with Crippen molar-refractivity contribution in [3.8, 4) is 0 Å². The predicted molar refractivity (Wildman–Crippen MR) is 97.7 cm³/mol. The van der Waals surface area contributed by atoms with Crippen molar-refractivity contribution in [3.63, 3.8) is 0 Å². The lowest BCUT2D eigenvalue weighted by Gasteiger charge is -2.31. The fraction of sp³-hybridized carbons (Fsp3) is 0.429. The Hall–Kier alpha value is -1.83. The highest BCUT2D eigenvalue weighted by atomic mass is 19.1. The Morgan fingerprint density at radius 3 is 2.15 bits per heavy atom. The fourth-order valence-corrected chi connectivity index (χ4v) is 3.20. The highest BCUT2D eigenvalue weighted by molar-refractivity contribution is 5.15. The normalized spacial score (nSPS) is 27.7. The maximum absolute atomic E-state index is 14.1. The van der Waals surface area contributed by atoms with Gasteiger partial charge in [-0.3, -0.25) is 0 Å². The van der Waals surface area contributed by atoms with Gasteiger partial charge in [-0.15, -0.1) is 0 Å². The summed E-state index contributed by atoms with van der Waals surface area (Å²) in [6.07, 6.45) is -3.00. The molecule has 0 unspecified atom stereocenters. The van der Waals surface area contributed by atoms with Crippen LogP contribution in [0.4, 0.5) is 4.39 Å². The second-order valence-electron chi connectivity index (χ2n) is 6.61. The Labute approximate surface area is 158 Å². The van der Waals surface area contributed by atoms with E-state index in [1.807, 2.05) is 60.7 Å². The van der Waals surface area contributed by atoms with Crippen LogP contribution in [0, 0.1) is 0 Å². The summed E-state index contributed by atoms with van der Waals surface area (Å²) in [6.45, 7) is -0.388. The molecule has 0 aliphatic carbocycles. The van der Waals surface area contributed by atoms with Gasteiger partial charge < -0.3 is 24.1 Å². The first-order valence-corrected chi connectivity index (χ1v) is 8.90. The lowest BCUT2D eigenvalue weighted by atomic mass is 9.97. The third-order valence-corrected chi connectivity index (χ3v) is 4.65. The Morgan fingerprint density at radius 1 is 1.00 bits per heavy atom. The molecule has 2 aromatic carbocycles. The molecule has 0 spiro atoms. The van der Waals surface area contributed by atoms with Gasteiger partial charge in [0.1, 0.15) is 18.9 Å². The maximum Gasteiger partial charge on any atom is 0.186 e. The quantitative estimate of drug-likeness (QED) is 0.729. The van der Waals surface area contributed by atoms with Crippen molar-refractivity contribution in [1.82, 2.24) is 0 Å². The van der Waals surface area contributed by atoms with Crippen molar-refractivity contribution in [1.29, 1.82) is 0 Å². The van der Waals surface area contributed by atoms with Crippen molar-refractivity contribution in [3.05, 3.63) is 71.8 Å². The molecule has 1 aliphatic heterocycles. The molecule has 1 aliphatic rings. The van der Waals surface area contributed by atoms with E-state index >= 15 is 0 Å². The van der Waals surface area contributed by atoms with Crippen LogP contribution in [-0.2, 0) is 32.2 Å². The minimum atomic E-state index is -1.43. The molecule has 0 radical (unpaired) electrons. The van der Waals surface area contributed by atoms with E-state index in [-0.39, 0.29) is 13.2 Å². The zero-order valence-corrected chi connectivity index (χ0v) is 15.3.